The summed E-state index contributed by atoms with van der Waals surface area (Å²) in [5, 5.41) is 0. The summed E-state index contributed by atoms with van der Waals surface area (Å²) < 4.78 is 16.5. The predicted octanol–water partition coefficient (Wildman–Crippen LogP) is 1.35. The van der Waals surface area contributed by atoms with Crippen molar-refractivity contribution in [2.75, 3.05) is 18.4 Å². The van der Waals surface area contributed by atoms with Crippen molar-refractivity contribution in [2.45, 2.75) is 0 Å². The number of hydrogen-bond donors (Lipinski definition) is 2. The summed E-state index contributed by atoms with van der Waals surface area (Å²) in [6.07, 6.45) is 0. The van der Waals surface area contributed by atoms with E-state index in [0.717, 1.165) is 0 Å². The van der Waals surface area contributed by atoms with Gasteiger partial charge >= 0.3 is 5.97 Å². The molecule has 0 spiro atoms. The maximum absolute atomic E-state index is 12.1. The summed E-state index contributed by atoms with van der Waals surface area (Å²) in [5.74, 6) is -0.531. The summed E-state index contributed by atoms with van der Waals surface area (Å²) in [6.45, 7) is 0. The van der Waals surface area contributed by atoms with Gasteiger partial charge in [-0.3, -0.25) is 0 Å². The van der Waals surface area contributed by atoms with Gasteiger partial charge in [0.1, 0.15) is 0 Å². The van der Waals surface area contributed by atoms with Crippen LogP contribution in [0.3, 0.4) is 0 Å². The number of anilines is 2. The van der Waals surface area contributed by atoms with Gasteiger partial charge in [0.05, 0.1) is 24.0 Å². The molecule has 0 unspecified atom stereocenters. The molecule has 0 fully saturated rings. The molecule has 0 aliphatic heterocycles. The van der Waals surface area contributed by atoms with Gasteiger partial charge in [-0.25, -0.2) is 10.3 Å². The van der Waals surface area contributed by atoms with E-state index in [1.807, 2.05) is 0 Å². The number of halogens is 1. The van der Waals surface area contributed by atoms with Crippen LogP contribution in [0, 0.1) is 0 Å². The van der Waals surface area contributed by atoms with Gasteiger partial charge in [-0.1, -0.05) is 0 Å². The fourth-order valence-corrected chi connectivity index (χ4v) is 0.883. The number of esters is 1. The highest BCUT2D eigenvalue weighted by Crippen LogP contribution is 2.20. The Balaban J connectivity index is 3.06. The fourth-order valence-electron chi connectivity index (χ4n) is 0.883. The highest BCUT2D eigenvalue weighted by Gasteiger charge is 2.07. The molecule has 1 aromatic carbocycles. The van der Waals surface area contributed by atoms with Crippen LogP contribution >= 0.6 is 0 Å². The molecule has 3 N–H and O–H groups in total. The lowest BCUT2D eigenvalue weighted by Crippen LogP contribution is -2.02. The van der Waals surface area contributed by atoms with Crippen LogP contribution in [0.5, 0.6) is 0 Å². The first-order valence-corrected chi connectivity index (χ1v) is 3.53. The molecule has 1 rings (SSSR count). The average molecular weight is 184 g/mol. The molecule has 13 heavy (non-hydrogen) atoms. The van der Waals surface area contributed by atoms with Crippen LogP contribution in [0.15, 0.2) is 18.2 Å². The van der Waals surface area contributed by atoms with E-state index in [1.54, 1.807) is 0 Å². The molecule has 0 bridgehead atoms. The topological polar surface area (TPSA) is 64.3 Å². The van der Waals surface area contributed by atoms with Crippen LogP contribution in [0.2, 0.25) is 0 Å². The zero-order valence-corrected chi connectivity index (χ0v) is 7.00. The Kier molecular flexibility index (Phi) is 2.69. The molecule has 0 saturated heterocycles. The van der Waals surface area contributed by atoms with Crippen LogP contribution in [0.4, 0.5) is 15.9 Å². The van der Waals surface area contributed by atoms with Crippen molar-refractivity contribution in [1.82, 2.24) is 0 Å². The first-order valence-electron chi connectivity index (χ1n) is 3.53. The lowest BCUT2D eigenvalue weighted by atomic mass is 10.2. The largest absolute Gasteiger partial charge is 0.465 e. The number of benzene rings is 1. The number of ether oxygens (including phenoxy) is 1. The molecule has 70 valence electrons. The van der Waals surface area contributed by atoms with Crippen molar-refractivity contribution in [3.05, 3.63) is 23.8 Å². The Bertz CT molecular complexity index is 328. The lowest BCUT2D eigenvalue weighted by Gasteiger charge is -2.04. The van der Waals surface area contributed by atoms with E-state index in [2.05, 4.69) is 4.74 Å². The monoisotopic (exact) mass is 184 g/mol. The Morgan fingerprint density at radius 2 is 2.31 bits per heavy atom. The van der Waals surface area contributed by atoms with Crippen LogP contribution in [0.25, 0.3) is 0 Å². The summed E-state index contributed by atoms with van der Waals surface area (Å²) in [5.41, 5.74) is 7.31. The molecule has 0 aromatic heterocycles. The van der Waals surface area contributed by atoms with Gasteiger partial charge in [-0.05, 0) is 18.2 Å². The van der Waals surface area contributed by atoms with Gasteiger partial charge in [-0.2, -0.15) is 0 Å². The third-order valence-electron chi connectivity index (χ3n) is 1.58. The lowest BCUT2D eigenvalue weighted by molar-refractivity contribution is 0.0601. The van der Waals surface area contributed by atoms with E-state index < -0.39 is 5.97 Å². The third kappa shape index (κ3) is 1.87. The Labute approximate surface area is 74.4 Å². The third-order valence-corrected chi connectivity index (χ3v) is 1.58. The van der Waals surface area contributed by atoms with Gasteiger partial charge < -0.3 is 10.5 Å². The summed E-state index contributed by atoms with van der Waals surface area (Å²) >= 11 is 0. The van der Waals surface area contributed by atoms with E-state index in [-0.39, 0.29) is 16.9 Å². The molecule has 5 heteroatoms. The highest BCUT2D eigenvalue weighted by molar-refractivity contribution is 5.91. The Morgan fingerprint density at radius 3 is 2.85 bits per heavy atom. The minimum absolute atomic E-state index is 0.0582. The molecule has 0 radical (unpaired) electrons. The quantitative estimate of drug-likeness (QED) is 0.413. The molecular weight excluding hydrogens is 175 g/mol. The molecule has 0 aliphatic rings. The zero-order valence-electron chi connectivity index (χ0n) is 7.00. The van der Waals surface area contributed by atoms with E-state index in [0.29, 0.717) is 0 Å². The molecule has 4 nitrogen and oxygen atoms in total. The van der Waals surface area contributed by atoms with Gasteiger partial charge in [-0.15, -0.1) is 4.48 Å². The minimum atomic E-state index is -0.531. The van der Waals surface area contributed by atoms with Crippen LogP contribution in [-0.2, 0) is 4.74 Å². The Hall–Kier alpha value is -1.78. The molecule has 0 aliphatic carbocycles. The second-order valence-electron chi connectivity index (χ2n) is 2.39. The molecule has 0 heterocycles. The second kappa shape index (κ2) is 3.75. The Morgan fingerprint density at radius 1 is 1.62 bits per heavy atom. The normalized spacial score (nSPS) is 9.38. The number of carbonyl (C=O) groups excluding carboxylic acids is 1. The van der Waals surface area contributed by atoms with Crippen LogP contribution in [-0.4, -0.2) is 13.1 Å². The summed E-state index contributed by atoms with van der Waals surface area (Å²) in [4.78, 5) is 11.0. The van der Waals surface area contributed by atoms with Crippen LogP contribution < -0.4 is 11.3 Å². The molecule has 0 atom stereocenters. The molecule has 0 amide bonds. The van der Waals surface area contributed by atoms with Crippen molar-refractivity contribution in [2.24, 2.45) is 0 Å². The van der Waals surface area contributed by atoms with Crippen molar-refractivity contribution in [3.63, 3.8) is 0 Å². The van der Waals surface area contributed by atoms with Gasteiger partial charge in [0, 0.05) is 0 Å². The number of nitrogens with two attached hydrogens (primary N) is 1. The van der Waals surface area contributed by atoms with Gasteiger partial charge in [0.15, 0.2) is 0 Å². The standard InChI is InChI=1S/C8H9FN2O2/c1-13-8(12)5-2-3-6(10)7(4-5)11-9/h2-4,11H,10H2,1H3. The predicted molar refractivity (Wildman–Crippen MR) is 46.9 cm³/mol. The van der Waals surface area contributed by atoms with Gasteiger partial charge in [0.2, 0.25) is 0 Å². The number of nitrogens with one attached hydrogen (secondary N) is 1. The van der Waals surface area contributed by atoms with Crippen molar-refractivity contribution < 1.29 is 14.0 Å². The number of rotatable bonds is 2. The molecular formula is C8H9FN2O2. The number of hydrogen-bond acceptors (Lipinski definition) is 4. The van der Waals surface area contributed by atoms with E-state index in [4.69, 9.17) is 5.73 Å². The zero-order chi connectivity index (χ0) is 9.84. The highest BCUT2D eigenvalue weighted by atomic mass is 19.2. The summed E-state index contributed by atoms with van der Waals surface area (Å²) in [6, 6.07) is 4.16. The SMILES string of the molecule is COC(=O)c1ccc(N)c(NF)c1. The minimum Gasteiger partial charge on any atom is -0.465 e. The first kappa shape index (κ1) is 9.31. The fraction of sp³-hybridized carbons (Fsp3) is 0.125. The van der Waals surface area contributed by atoms with Crippen molar-refractivity contribution >= 4 is 17.3 Å². The smallest absolute Gasteiger partial charge is 0.337 e. The van der Waals surface area contributed by atoms with E-state index in [9.17, 15) is 9.28 Å². The van der Waals surface area contributed by atoms with Crippen molar-refractivity contribution in [3.8, 4) is 0 Å². The molecule has 0 saturated carbocycles. The average Bonchev–Trinajstić information content (AvgIpc) is 2.17. The number of nitrogen functional groups attached to an aromatic ring is 1. The number of carbonyl (C=O) groups is 1. The maximum Gasteiger partial charge on any atom is 0.337 e. The summed E-state index contributed by atoms with van der Waals surface area (Å²) in [7, 11) is 1.25. The van der Waals surface area contributed by atoms with Crippen LogP contribution in [0.1, 0.15) is 10.4 Å². The first-order chi connectivity index (χ1) is 6.19. The van der Waals surface area contributed by atoms with Gasteiger partial charge in [0.25, 0.3) is 0 Å². The molecule has 1 aromatic rings. The van der Waals surface area contributed by atoms with E-state index in [1.165, 1.54) is 30.8 Å². The second-order valence-corrected chi connectivity index (χ2v) is 2.39. The van der Waals surface area contributed by atoms with Crippen molar-refractivity contribution in [1.29, 1.82) is 0 Å². The maximum atomic E-state index is 12.1. The van der Waals surface area contributed by atoms with E-state index >= 15 is 0 Å². The number of methoxy groups -OCH3 is 1.